The number of amides is 2. The van der Waals surface area contributed by atoms with E-state index in [1.807, 2.05) is 4.98 Å². The van der Waals surface area contributed by atoms with Gasteiger partial charge in [-0.1, -0.05) is 0 Å². The van der Waals surface area contributed by atoms with Gasteiger partial charge in [0, 0.05) is 18.9 Å². The van der Waals surface area contributed by atoms with Crippen LogP contribution in [0.1, 0.15) is 6.23 Å². The molecule has 15 heteroatoms. The van der Waals surface area contributed by atoms with Gasteiger partial charge in [-0.25, -0.2) is 10.3 Å². The Kier molecular flexibility index (Phi) is 6.30. The number of hydrogen-bond acceptors (Lipinski definition) is 9. The van der Waals surface area contributed by atoms with Crippen molar-refractivity contribution in [3.8, 4) is 0 Å². The number of ether oxygens (including phenoxy) is 1. The molecule has 1 aliphatic rings. The number of H-pyrrole nitrogens is 1. The molecule has 1 aromatic heterocycles. The molecule has 5 atom stereocenters. The Morgan fingerprint density at radius 3 is 2.63 bits per heavy atom. The van der Waals surface area contributed by atoms with Crippen molar-refractivity contribution >= 4 is 19.4 Å². The first kappa shape index (κ1) is 21.0. The summed E-state index contributed by atoms with van der Waals surface area (Å²) in [6.45, 7) is 0.139. The highest BCUT2D eigenvalue weighted by Crippen LogP contribution is 2.34. The van der Waals surface area contributed by atoms with Crippen LogP contribution >= 0.6 is 7.60 Å². The first-order valence-corrected chi connectivity index (χ1v) is 9.40. The predicted octanol–water partition coefficient (Wildman–Crippen LogP) is -3.86. The first-order chi connectivity index (χ1) is 12.5. The Morgan fingerprint density at radius 1 is 1.37 bits per heavy atom. The molecule has 2 heterocycles. The van der Waals surface area contributed by atoms with E-state index >= 15 is 0 Å². The zero-order chi connectivity index (χ0) is 20.4. The third-order valence-electron chi connectivity index (χ3n) is 3.37. The van der Waals surface area contributed by atoms with Crippen molar-refractivity contribution in [2.24, 2.45) is 0 Å². The highest BCUT2D eigenvalue weighted by Gasteiger charge is 2.47. The molecule has 0 radical (unpaired) electrons. The zero-order valence-electron chi connectivity index (χ0n) is 13.8. The highest BCUT2D eigenvalue weighted by molar-refractivity contribution is 7.51. The summed E-state index contributed by atoms with van der Waals surface area (Å²) >= 11 is 0. The van der Waals surface area contributed by atoms with Crippen molar-refractivity contribution in [3.05, 3.63) is 33.1 Å². The lowest BCUT2D eigenvalue weighted by atomic mass is 10.1. The number of hydroxylamine groups is 1. The summed E-state index contributed by atoms with van der Waals surface area (Å²) in [7, 11) is -3.96. The monoisotopic (exact) mass is 408 g/mol. The molecule has 0 aliphatic carbocycles. The van der Waals surface area contributed by atoms with Crippen LogP contribution in [0.15, 0.2) is 21.9 Å². The van der Waals surface area contributed by atoms with E-state index in [1.165, 1.54) is 0 Å². The van der Waals surface area contributed by atoms with Crippen LogP contribution in [0.2, 0.25) is 0 Å². The Morgan fingerprint density at radius 2 is 2.04 bits per heavy atom. The lowest BCUT2D eigenvalue weighted by molar-refractivity contribution is -0.140. The van der Waals surface area contributed by atoms with Crippen molar-refractivity contribution in [1.82, 2.24) is 20.3 Å². The number of aliphatic hydroxyl groups is 2. The van der Waals surface area contributed by atoms with Crippen molar-refractivity contribution in [2.45, 2.75) is 24.5 Å². The Bertz CT molecular complexity index is 875. The molecule has 14 nitrogen and oxygen atoms in total. The van der Waals surface area contributed by atoms with Gasteiger partial charge < -0.3 is 25.2 Å². The number of carbonyl (C=O) groups excluding carboxylic acids is 2. The van der Waals surface area contributed by atoms with Crippen molar-refractivity contribution < 1.29 is 38.6 Å². The summed E-state index contributed by atoms with van der Waals surface area (Å²) in [5.74, 6) is -1.97. The number of nitrogens with zero attached hydrogens (tertiary/aromatic N) is 1. The molecule has 1 fully saturated rings. The average Bonchev–Trinajstić information content (AvgIpc) is 2.86. The van der Waals surface area contributed by atoms with Crippen LogP contribution in [0, 0.1) is 0 Å². The highest BCUT2D eigenvalue weighted by atomic mass is 31.2. The summed E-state index contributed by atoms with van der Waals surface area (Å²) in [6.07, 6.45) is -5.49. The van der Waals surface area contributed by atoms with Gasteiger partial charge in [-0.2, -0.15) is 4.62 Å². The smallest absolute Gasteiger partial charge is 0.346 e. The summed E-state index contributed by atoms with van der Waals surface area (Å²) < 4.78 is 21.0. The van der Waals surface area contributed by atoms with Gasteiger partial charge in [0.05, 0.1) is 6.54 Å². The van der Waals surface area contributed by atoms with E-state index < -0.39 is 61.7 Å². The van der Waals surface area contributed by atoms with Gasteiger partial charge in [0.1, 0.15) is 12.2 Å². The van der Waals surface area contributed by atoms with Crippen LogP contribution in [0.5, 0.6) is 0 Å². The number of nitrogens with one attached hydrogen (secondary N) is 3. The SMILES string of the molecule is CP(=O)(O)ONC(=O)CNC(=O)[C@H]1O[C@@H](n2ccc(=O)[nH]c2=O)[C@@H](O)[C@H]1O. The zero-order valence-corrected chi connectivity index (χ0v) is 14.7. The molecule has 0 spiro atoms. The lowest BCUT2D eigenvalue weighted by Gasteiger charge is -2.16. The molecule has 1 saturated heterocycles. The second-order valence-corrected chi connectivity index (χ2v) is 7.37. The first-order valence-electron chi connectivity index (χ1n) is 7.38. The summed E-state index contributed by atoms with van der Waals surface area (Å²) in [4.78, 5) is 57.1. The van der Waals surface area contributed by atoms with E-state index in [1.54, 1.807) is 5.48 Å². The fourth-order valence-electron chi connectivity index (χ4n) is 2.17. The van der Waals surface area contributed by atoms with E-state index in [9.17, 15) is 34.0 Å². The predicted molar refractivity (Wildman–Crippen MR) is 85.2 cm³/mol. The number of aromatic nitrogens is 2. The number of rotatable bonds is 6. The molecule has 0 bridgehead atoms. The Balaban J connectivity index is 1.99. The molecular formula is C12H17N4O10P. The van der Waals surface area contributed by atoms with Gasteiger partial charge in [-0.3, -0.25) is 28.5 Å². The van der Waals surface area contributed by atoms with E-state index in [4.69, 9.17) is 9.63 Å². The molecule has 0 aromatic carbocycles. The molecule has 1 unspecified atom stereocenters. The van der Waals surface area contributed by atoms with Gasteiger partial charge >= 0.3 is 13.3 Å². The Labute approximate surface area is 150 Å². The average molecular weight is 408 g/mol. The quantitative estimate of drug-likeness (QED) is 0.199. The second-order valence-electron chi connectivity index (χ2n) is 5.58. The van der Waals surface area contributed by atoms with Gasteiger partial charge in [-0.05, 0) is 0 Å². The summed E-state index contributed by atoms with van der Waals surface area (Å²) in [6, 6.07) is 0.981. The fourth-order valence-corrected chi connectivity index (χ4v) is 2.44. The summed E-state index contributed by atoms with van der Waals surface area (Å²) in [5.41, 5.74) is 0.0221. The lowest BCUT2D eigenvalue weighted by Crippen LogP contribution is -2.46. The third kappa shape index (κ3) is 5.32. The maximum Gasteiger partial charge on any atom is 0.346 e. The van der Waals surface area contributed by atoms with Crippen molar-refractivity contribution in [3.63, 3.8) is 0 Å². The molecule has 27 heavy (non-hydrogen) atoms. The molecule has 2 amide bonds. The molecule has 0 saturated carbocycles. The van der Waals surface area contributed by atoms with Gasteiger partial charge in [0.25, 0.3) is 17.4 Å². The van der Waals surface area contributed by atoms with Crippen LogP contribution in [0.3, 0.4) is 0 Å². The normalized spacial score (nSPS) is 27.0. The van der Waals surface area contributed by atoms with Crippen molar-refractivity contribution in [2.75, 3.05) is 13.2 Å². The van der Waals surface area contributed by atoms with Crippen LogP contribution in [-0.4, -0.2) is 68.0 Å². The van der Waals surface area contributed by atoms with Gasteiger partial charge in [0.2, 0.25) is 0 Å². The van der Waals surface area contributed by atoms with Gasteiger partial charge in [0.15, 0.2) is 12.3 Å². The molecule has 1 aliphatic heterocycles. The minimum Gasteiger partial charge on any atom is -0.387 e. The minimum absolute atomic E-state index is 0.689. The minimum atomic E-state index is -3.96. The number of hydrogen-bond donors (Lipinski definition) is 6. The third-order valence-corrected chi connectivity index (χ3v) is 3.80. The van der Waals surface area contributed by atoms with E-state index in [0.717, 1.165) is 23.5 Å². The molecule has 150 valence electrons. The second kappa shape index (κ2) is 8.12. The van der Waals surface area contributed by atoms with Crippen LogP contribution in [0.4, 0.5) is 0 Å². The molecular weight excluding hydrogens is 391 g/mol. The van der Waals surface area contributed by atoms with Crippen molar-refractivity contribution in [1.29, 1.82) is 0 Å². The molecule has 1 aromatic rings. The molecule has 2 rings (SSSR count). The maximum atomic E-state index is 12.0. The molecule has 6 N–H and O–H groups in total. The van der Waals surface area contributed by atoms with Crippen LogP contribution in [0.25, 0.3) is 0 Å². The topological polar surface area (TPSA) is 209 Å². The van der Waals surface area contributed by atoms with E-state index in [0.29, 0.717) is 0 Å². The Hall–Kier alpha value is -2.35. The number of aliphatic hydroxyl groups excluding tert-OH is 2. The maximum absolute atomic E-state index is 12.0. The number of aromatic amines is 1. The number of carbonyl (C=O) groups is 2. The van der Waals surface area contributed by atoms with Crippen LogP contribution in [-0.2, 0) is 23.5 Å². The van der Waals surface area contributed by atoms with Crippen LogP contribution < -0.4 is 22.0 Å². The van der Waals surface area contributed by atoms with Gasteiger partial charge in [-0.15, -0.1) is 0 Å². The van der Waals surface area contributed by atoms with E-state index in [-0.39, 0.29) is 0 Å². The van der Waals surface area contributed by atoms with E-state index in [2.05, 4.69) is 9.94 Å². The fraction of sp³-hybridized carbons (Fsp3) is 0.500. The standard InChI is InChI=1S/C12H17N4O10P/c1-27(23,24)26-15-6(18)4-13-10(21)9-7(19)8(20)11(25-9)16-3-2-5(17)14-12(16)22/h2-3,7-9,11,19-20H,4H2,1H3,(H,13,21)(H,15,18)(H,23,24)(H,14,17,22)/t7-,8+,9+,11-/m1/s1. The summed E-state index contributed by atoms with van der Waals surface area (Å²) in [5, 5.41) is 22.0. The largest absolute Gasteiger partial charge is 0.387 e.